The average Bonchev–Trinajstić information content (AvgIpc) is 2.51. The van der Waals surface area contributed by atoms with Gasteiger partial charge in [0, 0.05) is 5.56 Å². The first-order valence-electron chi connectivity index (χ1n) is 7.28. The first kappa shape index (κ1) is 18.5. The van der Waals surface area contributed by atoms with Gasteiger partial charge in [-0.25, -0.2) is 4.79 Å². The van der Waals surface area contributed by atoms with Gasteiger partial charge >= 0.3 is 5.97 Å². The molecule has 1 atom stereocenters. The van der Waals surface area contributed by atoms with Gasteiger partial charge < -0.3 is 20.5 Å². The topological polar surface area (TPSA) is 105 Å². The highest BCUT2D eigenvalue weighted by Gasteiger charge is 2.21. The molecule has 2 amide bonds. The maximum Gasteiger partial charge on any atom is 0.326 e. The number of carbonyl (C=O) groups is 3. The number of amides is 2. The fourth-order valence-corrected chi connectivity index (χ4v) is 1.97. The molecule has 0 unspecified atom stereocenters. The van der Waals surface area contributed by atoms with Crippen LogP contribution in [0, 0.1) is 5.92 Å². The lowest BCUT2D eigenvalue weighted by Gasteiger charge is -2.16. The SMILES string of the molecule is COc1cccc(C(=O)NCC(=O)N[C@@H](CC(C)C)C(=O)O)c1. The number of hydrogen-bond donors (Lipinski definition) is 3. The molecule has 7 nitrogen and oxygen atoms in total. The largest absolute Gasteiger partial charge is 0.497 e. The van der Waals surface area contributed by atoms with Crippen molar-refractivity contribution in [1.82, 2.24) is 10.6 Å². The van der Waals surface area contributed by atoms with Crippen LogP contribution in [0.2, 0.25) is 0 Å². The smallest absolute Gasteiger partial charge is 0.326 e. The van der Waals surface area contributed by atoms with Crippen LogP contribution in [0.5, 0.6) is 5.75 Å². The number of carboxylic acids is 1. The summed E-state index contributed by atoms with van der Waals surface area (Å²) in [5.74, 6) is -1.41. The lowest BCUT2D eigenvalue weighted by Crippen LogP contribution is -2.46. The summed E-state index contributed by atoms with van der Waals surface area (Å²) in [5.41, 5.74) is 0.356. The van der Waals surface area contributed by atoms with E-state index in [-0.39, 0.29) is 12.5 Å². The van der Waals surface area contributed by atoms with Gasteiger partial charge in [0.15, 0.2) is 0 Å². The second kappa shape index (κ2) is 8.77. The third-order valence-electron chi connectivity index (χ3n) is 3.08. The van der Waals surface area contributed by atoms with Crippen molar-refractivity contribution in [3.05, 3.63) is 29.8 Å². The molecule has 0 aliphatic heterocycles. The van der Waals surface area contributed by atoms with Crippen molar-refractivity contribution in [3.63, 3.8) is 0 Å². The van der Waals surface area contributed by atoms with Gasteiger partial charge in [0.1, 0.15) is 11.8 Å². The predicted molar refractivity (Wildman–Crippen MR) is 84.3 cm³/mol. The van der Waals surface area contributed by atoms with Crippen LogP contribution in [0.1, 0.15) is 30.6 Å². The zero-order chi connectivity index (χ0) is 17.4. The van der Waals surface area contributed by atoms with Crippen molar-refractivity contribution in [2.75, 3.05) is 13.7 Å². The molecule has 1 aromatic carbocycles. The summed E-state index contributed by atoms with van der Waals surface area (Å²) in [7, 11) is 1.49. The molecular formula is C16H22N2O5. The van der Waals surface area contributed by atoms with Gasteiger partial charge in [-0.3, -0.25) is 9.59 Å². The first-order chi connectivity index (χ1) is 10.8. The van der Waals surface area contributed by atoms with Gasteiger partial charge in [-0.2, -0.15) is 0 Å². The van der Waals surface area contributed by atoms with E-state index in [2.05, 4.69) is 10.6 Å². The van der Waals surface area contributed by atoms with Crippen LogP contribution in [0.4, 0.5) is 0 Å². The van der Waals surface area contributed by atoms with Crippen LogP contribution < -0.4 is 15.4 Å². The Hall–Kier alpha value is -2.57. The number of hydrogen-bond acceptors (Lipinski definition) is 4. The monoisotopic (exact) mass is 322 g/mol. The summed E-state index contributed by atoms with van der Waals surface area (Å²) in [5, 5.41) is 13.9. The predicted octanol–water partition coefficient (Wildman–Crippen LogP) is 1.04. The number of aliphatic carboxylic acids is 1. The van der Waals surface area contributed by atoms with Crippen LogP contribution in [0.3, 0.4) is 0 Å². The molecule has 0 fully saturated rings. The quantitative estimate of drug-likeness (QED) is 0.663. The van der Waals surface area contributed by atoms with Crippen LogP contribution in [-0.2, 0) is 9.59 Å². The van der Waals surface area contributed by atoms with Crippen LogP contribution in [0.25, 0.3) is 0 Å². The van der Waals surface area contributed by atoms with E-state index >= 15 is 0 Å². The van der Waals surface area contributed by atoms with Crippen molar-refractivity contribution in [2.45, 2.75) is 26.3 Å². The van der Waals surface area contributed by atoms with Crippen molar-refractivity contribution in [1.29, 1.82) is 0 Å². The van der Waals surface area contributed by atoms with Gasteiger partial charge in [0.25, 0.3) is 5.91 Å². The highest BCUT2D eigenvalue weighted by molar-refractivity contribution is 5.97. The van der Waals surface area contributed by atoms with E-state index in [4.69, 9.17) is 9.84 Å². The van der Waals surface area contributed by atoms with Crippen LogP contribution in [0.15, 0.2) is 24.3 Å². The number of carbonyl (C=O) groups excluding carboxylic acids is 2. The second-order valence-corrected chi connectivity index (χ2v) is 5.50. The molecule has 1 rings (SSSR count). The van der Waals surface area contributed by atoms with Gasteiger partial charge in [-0.05, 0) is 30.5 Å². The third-order valence-corrected chi connectivity index (χ3v) is 3.08. The first-order valence-corrected chi connectivity index (χ1v) is 7.28. The molecule has 0 radical (unpaired) electrons. The van der Waals surface area contributed by atoms with E-state index in [1.54, 1.807) is 24.3 Å². The summed E-state index contributed by atoms with van der Waals surface area (Å²) < 4.78 is 5.02. The molecular weight excluding hydrogens is 300 g/mol. The minimum absolute atomic E-state index is 0.128. The molecule has 1 aromatic rings. The van der Waals surface area contributed by atoms with E-state index in [0.29, 0.717) is 17.7 Å². The minimum atomic E-state index is -1.09. The Balaban J connectivity index is 2.54. The second-order valence-electron chi connectivity index (χ2n) is 5.50. The molecule has 7 heteroatoms. The van der Waals surface area contributed by atoms with E-state index in [1.165, 1.54) is 7.11 Å². The molecule has 126 valence electrons. The third kappa shape index (κ3) is 6.37. The van der Waals surface area contributed by atoms with Crippen LogP contribution >= 0.6 is 0 Å². The van der Waals surface area contributed by atoms with Crippen molar-refractivity contribution in [2.24, 2.45) is 5.92 Å². The Kier molecular flexibility index (Phi) is 7.05. The number of ether oxygens (including phenoxy) is 1. The number of methoxy groups -OCH3 is 1. The molecule has 3 N–H and O–H groups in total. The van der Waals surface area contributed by atoms with E-state index in [1.807, 2.05) is 13.8 Å². The fraction of sp³-hybridized carbons (Fsp3) is 0.438. The zero-order valence-electron chi connectivity index (χ0n) is 13.5. The van der Waals surface area contributed by atoms with Crippen molar-refractivity contribution in [3.8, 4) is 5.75 Å². The number of rotatable bonds is 8. The maximum atomic E-state index is 12.0. The van der Waals surface area contributed by atoms with Crippen molar-refractivity contribution < 1.29 is 24.2 Å². The Morgan fingerprint density at radius 1 is 1.26 bits per heavy atom. The molecule has 0 saturated carbocycles. The summed E-state index contributed by atoms with van der Waals surface area (Å²) in [6, 6.07) is 5.54. The molecule has 0 heterocycles. The number of nitrogens with one attached hydrogen (secondary N) is 2. The highest BCUT2D eigenvalue weighted by atomic mass is 16.5. The molecule has 0 aliphatic rings. The summed E-state index contributed by atoms with van der Waals surface area (Å²) in [4.78, 5) is 34.8. The van der Waals surface area contributed by atoms with Gasteiger partial charge in [0.2, 0.25) is 5.91 Å². The minimum Gasteiger partial charge on any atom is -0.497 e. The standard InChI is InChI=1S/C16H22N2O5/c1-10(2)7-13(16(21)22)18-14(19)9-17-15(20)11-5-4-6-12(8-11)23-3/h4-6,8,10,13H,7,9H2,1-3H3,(H,17,20)(H,18,19)(H,21,22)/t13-/m0/s1. The fourth-order valence-electron chi connectivity index (χ4n) is 1.97. The summed E-state index contributed by atoms with van der Waals surface area (Å²) >= 11 is 0. The lowest BCUT2D eigenvalue weighted by molar-refractivity contribution is -0.142. The van der Waals surface area contributed by atoms with Crippen molar-refractivity contribution >= 4 is 17.8 Å². The summed E-state index contributed by atoms with van der Waals surface area (Å²) in [6.45, 7) is 3.44. The molecule has 0 saturated heterocycles. The normalized spacial score (nSPS) is 11.7. The summed E-state index contributed by atoms with van der Waals surface area (Å²) in [6.07, 6.45) is 0.324. The maximum absolute atomic E-state index is 12.0. The molecule has 0 aliphatic carbocycles. The Bertz CT molecular complexity index is 571. The van der Waals surface area contributed by atoms with E-state index in [0.717, 1.165) is 0 Å². The highest BCUT2D eigenvalue weighted by Crippen LogP contribution is 2.12. The van der Waals surface area contributed by atoms with E-state index in [9.17, 15) is 14.4 Å². The Morgan fingerprint density at radius 3 is 2.52 bits per heavy atom. The average molecular weight is 322 g/mol. The lowest BCUT2D eigenvalue weighted by atomic mass is 10.0. The molecule has 23 heavy (non-hydrogen) atoms. The number of carboxylic acid groups (broad SMARTS) is 1. The Labute approximate surface area is 135 Å². The van der Waals surface area contributed by atoms with Crippen LogP contribution in [-0.4, -0.2) is 42.6 Å². The molecule has 0 aromatic heterocycles. The van der Waals surface area contributed by atoms with Gasteiger partial charge in [-0.15, -0.1) is 0 Å². The van der Waals surface area contributed by atoms with E-state index < -0.39 is 23.8 Å². The Morgan fingerprint density at radius 2 is 1.96 bits per heavy atom. The zero-order valence-corrected chi connectivity index (χ0v) is 13.5. The number of benzene rings is 1. The van der Waals surface area contributed by atoms with Gasteiger partial charge in [0.05, 0.1) is 13.7 Å². The van der Waals surface area contributed by atoms with Gasteiger partial charge in [-0.1, -0.05) is 19.9 Å². The molecule has 0 spiro atoms. The molecule has 0 bridgehead atoms.